The van der Waals surface area contributed by atoms with Crippen LogP contribution in [0.4, 0.5) is 0 Å². The van der Waals surface area contributed by atoms with Gasteiger partial charge in [0.2, 0.25) is 0 Å². The van der Waals surface area contributed by atoms with E-state index in [1.807, 2.05) is 0 Å². The molecule has 0 radical (unpaired) electrons. The van der Waals surface area contributed by atoms with Crippen LogP contribution in [0.5, 0.6) is 0 Å². The molecular formula is C11H19NO. The molecule has 0 saturated carbocycles. The number of rotatable bonds is 1. The van der Waals surface area contributed by atoms with Gasteiger partial charge in [0.15, 0.2) is 5.88 Å². The van der Waals surface area contributed by atoms with E-state index in [1.165, 1.54) is 12.8 Å². The molecule has 2 unspecified atom stereocenters. The minimum Gasteiger partial charge on any atom is -0.477 e. The predicted molar refractivity (Wildman–Crippen MR) is 53.1 cm³/mol. The average Bonchev–Trinajstić information content (AvgIpc) is 2.47. The number of fused-ring (bicyclic) bond motifs is 1. The molecule has 2 rings (SSSR count). The molecular weight excluding hydrogens is 162 g/mol. The molecule has 2 aliphatic rings. The molecule has 0 aromatic carbocycles. The Hall–Kier alpha value is -0.660. The van der Waals surface area contributed by atoms with Gasteiger partial charge in [-0.05, 0) is 31.3 Å². The Morgan fingerprint density at radius 3 is 2.92 bits per heavy atom. The largest absolute Gasteiger partial charge is 0.477 e. The number of nitrogens with zero attached hydrogens (tertiary/aromatic N) is 1. The van der Waals surface area contributed by atoms with Crippen molar-refractivity contribution >= 4 is 0 Å². The Morgan fingerprint density at radius 1 is 1.46 bits per heavy atom. The van der Waals surface area contributed by atoms with Crippen molar-refractivity contribution in [3.63, 3.8) is 0 Å². The van der Waals surface area contributed by atoms with E-state index in [0.717, 1.165) is 30.9 Å². The van der Waals surface area contributed by atoms with Crippen molar-refractivity contribution in [2.75, 3.05) is 13.2 Å². The monoisotopic (exact) mass is 181 g/mol. The summed E-state index contributed by atoms with van der Waals surface area (Å²) in [7, 11) is 0. The number of piperidine rings is 1. The van der Waals surface area contributed by atoms with Crippen LogP contribution in [0.25, 0.3) is 0 Å². The Morgan fingerprint density at radius 2 is 2.23 bits per heavy atom. The summed E-state index contributed by atoms with van der Waals surface area (Å²) in [6, 6.07) is 0.627. The maximum atomic E-state index is 5.46. The first-order valence-corrected chi connectivity index (χ1v) is 5.27. The summed E-state index contributed by atoms with van der Waals surface area (Å²) in [6.07, 6.45) is 2.64. The fourth-order valence-electron chi connectivity index (χ4n) is 2.35. The van der Waals surface area contributed by atoms with Crippen LogP contribution in [0, 0.1) is 11.8 Å². The van der Waals surface area contributed by atoms with E-state index >= 15 is 0 Å². The van der Waals surface area contributed by atoms with Crippen molar-refractivity contribution in [3.05, 3.63) is 12.5 Å². The van der Waals surface area contributed by atoms with E-state index in [0.29, 0.717) is 6.04 Å². The van der Waals surface area contributed by atoms with Crippen molar-refractivity contribution in [1.29, 1.82) is 0 Å². The third-order valence-electron chi connectivity index (χ3n) is 3.45. The second kappa shape index (κ2) is 3.24. The first kappa shape index (κ1) is 8.92. The highest BCUT2D eigenvalue weighted by Crippen LogP contribution is 2.33. The van der Waals surface area contributed by atoms with Gasteiger partial charge in [-0.2, -0.15) is 0 Å². The SMILES string of the molecule is C=C1OCC2CCC(C(C)C)CN12. The highest BCUT2D eigenvalue weighted by molar-refractivity contribution is 4.98. The van der Waals surface area contributed by atoms with Gasteiger partial charge in [0.05, 0.1) is 6.04 Å². The van der Waals surface area contributed by atoms with E-state index in [4.69, 9.17) is 4.74 Å². The number of hydrogen-bond acceptors (Lipinski definition) is 2. The first-order valence-electron chi connectivity index (χ1n) is 5.27. The zero-order valence-corrected chi connectivity index (χ0v) is 8.62. The highest BCUT2D eigenvalue weighted by atomic mass is 16.5. The molecule has 0 bridgehead atoms. The summed E-state index contributed by atoms with van der Waals surface area (Å²) in [5.74, 6) is 2.51. The molecule has 0 aliphatic carbocycles. The van der Waals surface area contributed by atoms with Crippen LogP contribution in [-0.4, -0.2) is 24.1 Å². The van der Waals surface area contributed by atoms with Gasteiger partial charge in [0.1, 0.15) is 6.61 Å². The lowest BCUT2D eigenvalue weighted by atomic mass is 9.85. The van der Waals surface area contributed by atoms with E-state index < -0.39 is 0 Å². The zero-order chi connectivity index (χ0) is 9.42. The van der Waals surface area contributed by atoms with E-state index in [2.05, 4.69) is 25.3 Å². The maximum Gasteiger partial charge on any atom is 0.182 e. The summed E-state index contributed by atoms with van der Waals surface area (Å²) in [5, 5.41) is 0. The van der Waals surface area contributed by atoms with Gasteiger partial charge >= 0.3 is 0 Å². The van der Waals surface area contributed by atoms with Gasteiger partial charge in [0, 0.05) is 6.54 Å². The highest BCUT2D eigenvalue weighted by Gasteiger charge is 2.35. The van der Waals surface area contributed by atoms with Crippen LogP contribution in [0.1, 0.15) is 26.7 Å². The molecule has 2 heteroatoms. The third kappa shape index (κ3) is 1.54. The molecule has 2 aliphatic heterocycles. The van der Waals surface area contributed by atoms with Crippen molar-refractivity contribution in [1.82, 2.24) is 4.90 Å². The quantitative estimate of drug-likeness (QED) is 0.615. The lowest BCUT2D eigenvalue weighted by Crippen LogP contribution is -2.40. The third-order valence-corrected chi connectivity index (χ3v) is 3.45. The zero-order valence-electron chi connectivity index (χ0n) is 8.62. The molecule has 0 aromatic heterocycles. The van der Waals surface area contributed by atoms with Gasteiger partial charge < -0.3 is 9.64 Å². The van der Waals surface area contributed by atoms with Crippen molar-refractivity contribution in [2.45, 2.75) is 32.7 Å². The molecule has 74 valence electrons. The topological polar surface area (TPSA) is 12.5 Å². The van der Waals surface area contributed by atoms with Crippen LogP contribution < -0.4 is 0 Å². The molecule has 0 spiro atoms. The molecule has 2 heterocycles. The van der Waals surface area contributed by atoms with Crippen molar-refractivity contribution in [3.8, 4) is 0 Å². The summed E-state index contributed by atoms with van der Waals surface area (Å²) in [4.78, 5) is 2.36. The van der Waals surface area contributed by atoms with Gasteiger partial charge in [-0.1, -0.05) is 13.8 Å². The van der Waals surface area contributed by atoms with E-state index in [9.17, 15) is 0 Å². The van der Waals surface area contributed by atoms with Crippen LogP contribution in [0.3, 0.4) is 0 Å². The number of hydrogen-bond donors (Lipinski definition) is 0. The standard InChI is InChI=1S/C11H19NO/c1-8(2)10-4-5-11-7-13-9(3)12(11)6-10/h8,10-11H,3-7H2,1-2H3. The molecule has 2 fully saturated rings. The van der Waals surface area contributed by atoms with Crippen LogP contribution in [0.2, 0.25) is 0 Å². The fraction of sp³-hybridized carbons (Fsp3) is 0.818. The van der Waals surface area contributed by atoms with Crippen LogP contribution in [0.15, 0.2) is 12.5 Å². The molecule has 2 nitrogen and oxygen atoms in total. The molecule has 2 atom stereocenters. The molecule has 2 saturated heterocycles. The second-order valence-electron chi connectivity index (χ2n) is 4.59. The normalized spacial score (nSPS) is 33.5. The Kier molecular flexibility index (Phi) is 2.22. The molecule has 13 heavy (non-hydrogen) atoms. The molecule has 0 N–H and O–H groups in total. The van der Waals surface area contributed by atoms with E-state index in [1.54, 1.807) is 0 Å². The fourth-order valence-corrected chi connectivity index (χ4v) is 2.35. The van der Waals surface area contributed by atoms with Gasteiger partial charge in [-0.15, -0.1) is 0 Å². The Bertz CT molecular complexity index is 212. The van der Waals surface area contributed by atoms with Crippen LogP contribution in [-0.2, 0) is 4.74 Å². The maximum absolute atomic E-state index is 5.46. The summed E-state index contributed by atoms with van der Waals surface area (Å²) in [5.41, 5.74) is 0. The lowest BCUT2D eigenvalue weighted by molar-refractivity contribution is 0.145. The Balaban J connectivity index is 2.01. The molecule has 0 amide bonds. The molecule has 0 aromatic rings. The minimum absolute atomic E-state index is 0.627. The minimum atomic E-state index is 0.627. The van der Waals surface area contributed by atoms with Gasteiger partial charge in [-0.3, -0.25) is 0 Å². The first-order chi connectivity index (χ1) is 6.18. The summed E-state index contributed by atoms with van der Waals surface area (Å²) < 4.78 is 5.46. The summed E-state index contributed by atoms with van der Waals surface area (Å²) in [6.45, 7) is 10.6. The lowest BCUT2D eigenvalue weighted by Gasteiger charge is -2.36. The smallest absolute Gasteiger partial charge is 0.182 e. The van der Waals surface area contributed by atoms with Gasteiger partial charge in [0.25, 0.3) is 0 Å². The Labute approximate surface area is 80.6 Å². The van der Waals surface area contributed by atoms with Crippen LogP contribution >= 0.6 is 0 Å². The van der Waals surface area contributed by atoms with Crippen molar-refractivity contribution in [2.24, 2.45) is 11.8 Å². The average molecular weight is 181 g/mol. The van der Waals surface area contributed by atoms with Crippen molar-refractivity contribution < 1.29 is 4.74 Å². The van der Waals surface area contributed by atoms with Gasteiger partial charge in [-0.25, -0.2) is 0 Å². The second-order valence-corrected chi connectivity index (χ2v) is 4.59. The number of ether oxygens (including phenoxy) is 1. The predicted octanol–water partition coefficient (Wildman–Crippen LogP) is 2.22. The van der Waals surface area contributed by atoms with E-state index in [-0.39, 0.29) is 0 Å². The summed E-state index contributed by atoms with van der Waals surface area (Å²) >= 11 is 0.